The van der Waals surface area contributed by atoms with Crippen molar-refractivity contribution in [1.29, 1.82) is 0 Å². The van der Waals surface area contributed by atoms with Crippen LogP contribution in [0.5, 0.6) is 0 Å². The molecule has 20 heavy (non-hydrogen) atoms. The summed E-state index contributed by atoms with van der Waals surface area (Å²) in [5.74, 6) is 0.940. The van der Waals surface area contributed by atoms with Crippen LogP contribution in [0.1, 0.15) is 72.1 Å². The summed E-state index contributed by atoms with van der Waals surface area (Å²) < 4.78 is 0. The number of hydrogen-bond donors (Lipinski definition) is 1. The molecular formula is C18H34N2. The Kier molecular flexibility index (Phi) is 4.42. The third kappa shape index (κ3) is 3.22. The van der Waals surface area contributed by atoms with Gasteiger partial charge < -0.3 is 5.32 Å². The lowest BCUT2D eigenvalue weighted by molar-refractivity contribution is 0.142. The average molecular weight is 278 g/mol. The fraction of sp³-hybridized carbons (Fsp3) is 1.00. The van der Waals surface area contributed by atoms with Crippen LogP contribution in [0, 0.1) is 11.3 Å². The molecule has 3 aliphatic rings. The zero-order chi connectivity index (χ0) is 14.2. The van der Waals surface area contributed by atoms with E-state index >= 15 is 0 Å². The van der Waals surface area contributed by atoms with Gasteiger partial charge in [-0.1, -0.05) is 27.2 Å². The summed E-state index contributed by atoms with van der Waals surface area (Å²) in [5, 5.41) is 4.05. The summed E-state index contributed by atoms with van der Waals surface area (Å²) in [4.78, 5) is 2.75. The highest BCUT2D eigenvalue weighted by atomic mass is 15.2. The predicted molar refractivity (Wildman–Crippen MR) is 86.0 cm³/mol. The highest BCUT2D eigenvalue weighted by Gasteiger charge is 2.37. The molecule has 2 saturated heterocycles. The van der Waals surface area contributed by atoms with Gasteiger partial charge in [-0.25, -0.2) is 0 Å². The van der Waals surface area contributed by atoms with Gasteiger partial charge in [-0.3, -0.25) is 4.90 Å². The van der Waals surface area contributed by atoms with Crippen molar-refractivity contribution in [3.63, 3.8) is 0 Å². The zero-order valence-electron chi connectivity index (χ0n) is 13.8. The first-order chi connectivity index (χ1) is 9.54. The molecule has 0 bridgehead atoms. The van der Waals surface area contributed by atoms with E-state index in [0.29, 0.717) is 5.41 Å². The topological polar surface area (TPSA) is 15.3 Å². The molecule has 1 aliphatic carbocycles. The Balaban J connectivity index is 1.48. The normalized spacial score (nSPS) is 39.8. The van der Waals surface area contributed by atoms with Crippen molar-refractivity contribution in [2.45, 2.75) is 90.3 Å². The van der Waals surface area contributed by atoms with Crippen LogP contribution in [0.2, 0.25) is 0 Å². The lowest BCUT2D eigenvalue weighted by atomic mass is 9.71. The van der Waals surface area contributed by atoms with E-state index in [1.165, 1.54) is 64.5 Å². The minimum absolute atomic E-state index is 0.512. The monoisotopic (exact) mass is 278 g/mol. The summed E-state index contributed by atoms with van der Waals surface area (Å²) in [7, 11) is 0. The van der Waals surface area contributed by atoms with Gasteiger partial charge in [0.2, 0.25) is 0 Å². The van der Waals surface area contributed by atoms with E-state index in [1.807, 2.05) is 0 Å². The largest absolute Gasteiger partial charge is 0.310 e. The number of piperidine rings is 1. The molecule has 2 unspecified atom stereocenters. The van der Waals surface area contributed by atoms with Crippen molar-refractivity contribution in [2.75, 3.05) is 13.1 Å². The average Bonchev–Trinajstić information content (AvgIpc) is 2.82. The highest BCUT2D eigenvalue weighted by molar-refractivity contribution is 4.96. The van der Waals surface area contributed by atoms with Crippen LogP contribution in [0.3, 0.4) is 0 Å². The molecule has 2 aliphatic heterocycles. The summed E-state index contributed by atoms with van der Waals surface area (Å²) in [5.41, 5.74) is 0.512. The second-order valence-corrected chi connectivity index (χ2v) is 8.58. The number of rotatable bonds is 2. The molecule has 116 valence electrons. The van der Waals surface area contributed by atoms with Crippen molar-refractivity contribution < 1.29 is 0 Å². The second kappa shape index (κ2) is 5.96. The number of nitrogens with zero attached hydrogens (tertiary/aromatic N) is 1. The summed E-state index contributed by atoms with van der Waals surface area (Å²) in [6.07, 6.45) is 11.4. The molecule has 0 spiro atoms. The van der Waals surface area contributed by atoms with Gasteiger partial charge in [-0.2, -0.15) is 0 Å². The first-order valence-corrected chi connectivity index (χ1v) is 9.04. The lowest BCUT2D eigenvalue weighted by Gasteiger charge is -2.39. The highest BCUT2D eigenvalue weighted by Crippen LogP contribution is 2.38. The summed E-state index contributed by atoms with van der Waals surface area (Å²) in [6, 6.07) is 2.47. The zero-order valence-corrected chi connectivity index (χ0v) is 13.8. The van der Waals surface area contributed by atoms with Gasteiger partial charge in [-0.05, 0) is 62.8 Å². The molecule has 0 aromatic rings. The Morgan fingerprint density at radius 1 is 0.850 bits per heavy atom. The van der Waals surface area contributed by atoms with Gasteiger partial charge in [0, 0.05) is 24.7 Å². The molecule has 0 radical (unpaired) electrons. The molecule has 3 rings (SSSR count). The molecule has 0 amide bonds. The van der Waals surface area contributed by atoms with Crippen LogP contribution < -0.4 is 5.32 Å². The van der Waals surface area contributed by atoms with Gasteiger partial charge in [0.05, 0.1) is 0 Å². The number of nitrogens with one attached hydrogen (secondary N) is 1. The maximum atomic E-state index is 4.05. The maximum Gasteiger partial charge on any atom is 0.0249 e. The summed E-state index contributed by atoms with van der Waals surface area (Å²) in [6.45, 7) is 9.96. The number of fused-ring (bicyclic) bond motifs is 1. The van der Waals surface area contributed by atoms with Gasteiger partial charge in [-0.15, -0.1) is 0 Å². The molecule has 2 heteroatoms. The quantitative estimate of drug-likeness (QED) is 0.826. The standard InChI is InChI=1S/C18H34N2/c1-18(2,3)14-7-9-15(10-8-14)19-16-11-13-20-12-5-4-6-17(16)20/h14-17,19H,4-13H2,1-3H3. The minimum Gasteiger partial charge on any atom is -0.310 e. The minimum atomic E-state index is 0.512. The Bertz CT molecular complexity index is 312. The van der Waals surface area contributed by atoms with Crippen LogP contribution in [0.25, 0.3) is 0 Å². The third-order valence-corrected chi connectivity index (χ3v) is 6.26. The smallest absolute Gasteiger partial charge is 0.0249 e. The molecule has 1 saturated carbocycles. The first-order valence-electron chi connectivity index (χ1n) is 9.04. The van der Waals surface area contributed by atoms with E-state index in [2.05, 4.69) is 31.0 Å². The van der Waals surface area contributed by atoms with Crippen LogP contribution in [-0.2, 0) is 0 Å². The number of hydrogen-bond acceptors (Lipinski definition) is 2. The first kappa shape index (κ1) is 14.8. The molecule has 0 aromatic heterocycles. The Hall–Kier alpha value is -0.0800. The fourth-order valence-electron chi connectivity index (χ4n) is 4.87. The molecule has 3 fully saturated rings. The lowest BCUT2D eigenvalue weighted by Crippen LogP contribution is -2.49. The predicted octanol–water partition coefficient (Wildman–Crippen LogP) is 3.81. The van der Waals surface area contributed by atoms with Crippen molar-refractivity contribution in [2.24, 2.45) is 11.3 Å². The van der Waals surface area contributed by atoms with Crippen molar-refractivity contribution in [3.05, 3.63) is 0 Å². The van der Waals surface area contributed by atoms with E-state index in [1.54, 1.807) is 0 Å². The second-order valence-electron chi connectivity index (χ2n) is 8.58. The summed E-state index contributed by atoms with van der Waals surface area (Å²) >= 11 is 0. The molecule has 1 N–H and O–H groups in total. The molecule has 2 nitrogen and oxygen atoms in total. The Labute approximate surface area is 125 Å². The third-order valence-electron chi connectivity index (χ3n) is 6.26. The van der Waals surface area contributed by atoms with E-state index in [0.717, 1.165) is 24.0 Å². The van der Waals surface area contributed by atoms with E-state index in [4.69, 9.17) is 0 Å². The van der Waals surface area contributed by atoms with E-state index in [9.17, 15) is 0 Å². The SMILES string of the molecule is CC(C)(C)C1CCC(NC2CCN3CCCCC23)CC1. The van der Waals surface area contributed by atoms with E-state index in [-0.39, 0.29) is 0 Å². The fourth-order valence-corrected chi connectivity index (χ4v) is 4.87. The van der Waals surface area contributed by atoms with Gasteiger partial charge in [0.1, 0.15) is 0 Å². The molecule has 2 atom stereocenters. The van der Waals surface area contributed by atoms with Crippen LogP contribution in [-0.4, -0.2) is 36.1 Å². The molecule has 2 heterocycles. The van der Waals surface area contributed by atoms with Crippen LogP contribution in [0.15, 0.2) is 0 Å². The Morgan fingerprint density at radius 3 is 2.30 bits per heavy atom. The van der Waals surface area contributed by atoms with Crippen molar-refractivity contribution in [3.8, 4) is 0 Å². The van der Waals surface area contributed by atoms with Crippen LogP contribution >= 0.6 is 0 Å². The van der Waals surface area contributed by atoms with Gasteiger partial charge in [0.25, 0.3) is 0 Å². The molecular weight excluding hydrogens is 244 g/mol. The van der Waals surface area contributed by atoms with Gasteiger partial charge >= 0.3 is 0 Å². The van der Waals surface area contributed by atoms with Gasteiger partial charge in [0.15, 0.2) is 0 Å². The van der Waals surface area contributed by atoms with Crippen molar-refractivity contribution in [1.82, 2.24) is 10.2 Å². The molecule has 0 aromatic carbocycles. The van der Waals surface area contributed by atoms with E-state index < -0.39 is 0 Å². The Morgan fingerprint density at radius 2 is 1.60 bits per heavy atom. The maximum absolute atomic E-state index is 4.05. The van der Waals surface area contributed by atoms with Crippen LogP contribution in [0.4, 0.5) is 0 Å². The van der Waals surface area contributed by atoms with Crippen molar-refractivity contribution >= 4 is 0 Å².